The number of aryl methyl sites for hydroxylation is 2. The van der Waals surface area contributed by atoms with Gasteiger partial charge < -0.3 is 18.9 Å². The molecule has 5 heteroatoms. The molecule has 0 saturated carbocycles. The van der Waals surface area contributed by atoms with Crippen molar-refractivity contribution in [2.75, 3.05) is 27.9 Å². The van der Waals surface area contributed by atoms with Crippen molar-refractivity contribution in [3.63, 3.8) is 0 Å². The highest BCUT2D eigenvalue weighted by Gasteiger charge is 2.27. The fourth-order valence-corrected chi connectivity index (χ4v) is 3.79. The van der Waals surface area contributed by atoms with Crippen molar-refractivity contribution in [2.45, 2.75) is 19.9 Å². The molecule has 0 saturated heterocycles. The van der Waals surface area contributed by atoms with Gasteiger partial charge in [-0.15, -0.1) is 0 Å². The summed E-state index contributed by atoms with van der Waals surface area (Å²) in [5.74, 6) is 3.07. The molecule has 1 aliphatic heterocycles. The molecule has 0 unspecified atom stereocenters. The van der Waals surface area contributed by atoms with Gasteiger partial charge in [0, 0.05) is 12.5 Å². The lowest BCUT2D eigenvalue weighted by atomic mass is 9.95. The van der Waals surface area contributed by atoms with Crippen molar-refractivity contribution in [3.8, 4) is 34.3 Å². The van der Waals surface area contributed by atoms with E-state index in [1.54, 1.807) is 21.3 Å². The van der Waals surface area contributed by atoms with Gasteiger partial charge in [0.25, 0.3) is 0 Å². The minimum absolute atomic E-state index is 0.594. The summed E-state index contributed by atoms with van der Waals surface area (Å²) >= 11 is 0. The largest absolute Gasteiger partial charge is 0.493 e. The van der Waals surface area contributed by atoms with Crippen LogP contribution in [0.2, 0.25) is 0 Å². The van der Waals surface area contributed by atoms with E-state index in [0.717, 1.165) is 52.4 Å². The van der Waals surface area contributed by atoms with Crippen molar-refractivity contribution >= 4 is 10.8 Å². The summed E-state index contributed by atoms with van der Waals surface area (Å²) in [7, 11) is 5.01. The van der Waals surface area contributed by atoms with Crippen LogP contribution in [-0.2, 0) is 13.0 Å². The van der Waals surface area contributed by atoms with Crippen molar-refractivity contribution in [1.29, 1.82) is 0 Å². The van der Waals surface area contributed by atoms with E-state index in [4.69, 9.17) is 18.9 Å². The van der Waals surface area contributed by atoms with Gasteiger partial charge in [-0.25, -0.2) is 0 Å². The normalized spacial score (nSPS) is 12.3. The summed E-state index contributed by atoms with van der Waals surface area (Å²) in [6.45, 7) is 3.48. The van der Waals surface area contributed by atoms with E-state index in [-0.39, 0.29) is 0 Å². The van der Waals surface area contributed by atoms with Crippen molar-refractivity contribution in [1.82, 2.24) is 0 Å². The van der Waals surface area contributed by atoms with E-state index >= 15 is 0 Å². The van der Waals surface area contributed by atoms with Crippen molar-refractivity contribution < 1.29 is 23.5 Å². The molecule has 5 nitrogen and oxygen atoms in total. The Bertz CT molecular complexity index is 1010. The van der Waals surface area contributed by atoms with Crippen LogP contribution in [0, 0.1) is 0 Å². The first-order chi connectivity index (χ1) is 13.2. The summed E-state index contributed by atoms with van der Waals surface area (Å²) in [6.07, 6.45) is 3.10. The number of ether oxygens (including phenoxy) is 4. The molecular formula is C22H24NO4+. The Balaban J connectivity index is 1.94. The molecule has 0 spiro atoms. The van der Waals surface area contributed by atoms with Gasteiger partial charge in [0.2, 0.25) is 5.69 Å². The monoisotopic (exact) mass is 366 g/mol. The number of pyridine rings is 1. The number of methoxy groups -OCH3 is 3. The zero-order valence-corrected chi connectivity index (χ0v) is 16.2. The van der Waals surface area contributed by atoms with Crippen molar-refractivity contribution in [2.24, 2.45) is 0 Å². The molecule has 1 aromatic heterocycles. The van der Waals surface area contributed by atoms with Gasteiger partial charge >= 0.3 is 0 Å². The lowest BCUT2D eigenvalue weighted by molar-refractivity contribution is -0.686. The quantitative estimate of drug-likeness (QED) is 0.645. The van der Waals surface area contributed by atoms with Crippen LogP contribution in [0.25, 0.3) is 22.0 Å². The predicted octanol–water partition coefficient (Wildman–Crippen LogP) is 3.77. The highest BCUT2D eigenvalue weighted by atomic mass is 16.5. The number of aromatic nitrogens is 1. The van der Waals surface area contributed by atoms with E-state index < -0.39 is 0 Å². The number of hydrogen-bond acceptors (Lipinski definition) is 4. The fourth-order valence-electron chi connectivity index (χ4n) is 3.79. The molecular weight excluding hydrogens is 342 g/mol. The molecule has 3 aromatic rings. The molecule has 4 rings (SSSR count). The molecule has 2 aromatic carbocycles. The molecule has 0 amide bonds. The average Bonchev–Trinajstić information content (AvgIpc) is 2.71. The Morgan fingerprint density at radius 1 is 0.926 bits per heavy atom. The van der Waals surface area contributed by atoms with Gasteiger partial charge in [-0.05, 0) is 42.1 Å². The summed E-state index contributed by atoms with van der Waals surface area (Å²) in [5.41, 5.74) is 3.61. The maximum Gasteiger partial charge on any atom is 0.213 e. The first kappa shape index (κ1) is 17.5. The van der Waals surface area contributed by atoms with Crippen LogP contribution < -0.4 is 23.5 Å². The number of benzene rings is 2. The summed E-state index contributed by atoms with van der Waals surface area (Å²) in [5, 5.41) is 2.18. The summed E-state index contributed by atoms with van der Waals surface area (Å²) < 4.78 is 24.6. The SMILES string of the molecule is CCOc1c(OC)ccc2cc3[n+](cc12)CCc1cc(OC)c(OC)cc1-3. The Hall–Kier alpha value is -2.95. The third-order valence-electron chi connectivity index (χ3n) is 5.10. The van der Waals surface area contributed by atoms with Gasteiger partial charge in [0.15, 0.2) is 35.7 Å². The molecule has 0 bridgehead atoms. The predicted molar refractivity (Wildman–Crippen MR) is 104 cm³/mol. The van der Waals surface area contributed by atoms with E-state index in [2.05, 4.69) is 35.0 Å². The van der Waals surface area contributed by atoms with Gasteiger partial charge in [-0.3, -0.25) is 0 Å². The molecule has 0 N–H and O–H groups in total. The molecule has 2 heterocycles. The van der Waals surface area contributed by atoms with Crippen LogP contribution in [0.4, 0.5) is 0 Å². The van der Waals surface area contributed by atoms with Gasteiger partial charge in [-0.1, -0.05) is 0 Å². The summed E-state index contributed by atoms with van der Waals surface area (Å²) in [6, 6.07) is 10.4. The van der Waals surface area contributed by atoms with Crippen LogP contribution in [0.5, 0.6) is 23.0 Å². The highest BCUT2D eigenvalue weighted by molar-refractivity contribution is 5.91. The Kier molecular flexibility index (Phi) is 4.52. The Labute approximate surface area is 159 Å². The standard InChI is InChI=1S/C22H24NO4/c1-5-27-22-17-13-23-9-8-15-11-20(25-3)21(26-4)12-16(15)18(23)10-14(17)6-7-19(22)24-2/h6-7,10-13H,5,8-9H2,1-4H3/q+1. The van der Waals surface area contributed by atoms with Crippen LogP contribution in [0.1, 0.15) is 12.5 Å². The second-order valence-electron chi connectivity index (χ2n) is 6.50. The smallest absolute Gasteiger partial charge is 0.213 e. The second-order valence-corrected chi connectivity index (χ2v) is 6.50. The maximum absolute atomic E-state index is 5.89. The first-order valence-corrected chi connectivity index (χ1v) is 9.12. The average molecular weight is 366 g/mol. The molecule has 0 atom stereocenters. The number of nitrogens with zero attached hydrogens (tertiary/aromatic N) is 1. The van der Waals surface area contributed by atoms with E-state index in [0.29, 0.717) is 6.61 Å². The Morgan fingerprint density at radius 3 is 2.37 bits per heavy atom. The van der Waals surface area contributed by atoms with E-state index in [1.807, 2.05) is 13.0 Å². The third kappa shape index (κ3) is 2.83. The molecule has 0 aliphatic carbocycles. The third-order valence-corrected chi connectivity index (χ3v) is 5.10. The van der Waals surface area contributed by atoms with Crippen LogP contribution in [0.15, 0.2) is 36.5 Å². The lowest BCUT2D eigenvalue weighted by Gasteiger charge is -2.19. The topological polar surface area (TPSA) is 40.8 Å². The maximum atomic E-state index is 5.89. The number of rotatable bonds is 5. The second kappa shape index (κ2) is 6.99. The van der Waals surface area contributed by atoms with E-state index in [1.165, 1.54) is 11.1 Å². The van der Waals surface area contributed by atoms with Crippen LogP contribution >= 0.6 is 0 Å². The molecule has 1 aliphatic rings. The molecule has 27 heavy (non-hydrogen) atoms. The highest BCUT2D eigenvalue weighted by Crippen LogP contribution is 2.40. The van der Waals surface area contributed by atoms with E-state index in [9.17, 15) is 0 Å². The van der Waals surface area contributed by atoms with Crippen LogP contribution in [0.3, 0.4) is 0 Å². The fraction of sp³-hybridized carbons (Fsp3) is 0.318. The zero-order chi connectivity index (χ0) is 19.0. The van der Waals surface area contributed by atoms with Gasteiger partial charge in [0.1, 0.15) is 0 Å². The minimum Gasteiger partial charge on any atom is -0.493 e. The van der Waals surface area contributed by atoms with Gasteiger partial charge in [-0.2, -0.15) is 4.57 Å². The Morgan fingerprint density at radius 2 is 1.67 bits per heavy atom. The molecule has 0 radical (unpaired) electrons. The minimum atomic E-state index is 0.594. The van der Waals surface area contributed by atoms with Crippen molar-refractivity contribution in [3.05, 3.63) is 42.1 Å². The van der Waals surface area contributed by atoms with Gasteiger partial charge in [0.05, 0.1) is 38.9 Å². The number of hydrogen-bond donors (Lipinski definition) is 0. The lowest BCUT2D eigenvalue weighted by Crippen LogP contribution is -2.40. The zero-order valence-electron chi connectivity index (χ0n) is 16.2. The molecule has 140 valence electrons. The summed E-state index contributed by atoms with van der Waals surface area (Å²) in [4.78, 5) is 0. The van der Waals surface area contributed by atoms with Crippen LogP contribution in [-0.4, -0.2) is 27.9 Å². The molecule has 0 fully saturated rings. The number of fused-ring (bicyclic) bond motifs is 4. The first-order valence-electron chi connectivity index (χ1n) is 9.12.